The molecule has 0 saturated carbocycles. The Labute approximate surface area is 183 Å². The molecule has 1 amide bonds. The first kappa shape index (κ1) is 22.7. The lowest BCUT2D eigenvalue weighted by atomic mass is 10.2. The molecular formula is C19H22N4O6S2. The van der Waals surface area contributed by atoms with E-state index in [0.717, 1.165) is 6.26 Å². The van der Waals surface area contributed by atoms with E-state index >= 15 is 0 Å². The molecule has 3 aromatic rings. The van der Waals surface area contributed by atoms with Crippen LogP contribution in [-0.4, -0.2) is 51.9 Å². The normalized spacial score (nSPS) is 11.4. The van der Waals surface area contributed by atoms with Gasteiger partial charge in [-0.1, -0.05) is 0 Å². The number of hydrogen-bond donors (Lipinski definition) is 2. The highest BCUT2D eigenvalue weighted by atomic mass is 32.2. The van der Waals surface area contributed by atoms with Crippen molar-refractivity contribution in [2.75, 3.05) is 37.6 Å². The van der Waals surface area contributed by atoms with Crippen LogP contribution in [0.5, 0.6) is 11.6 Å². The van der Waals surface area contributed by atoms with Crippen LogP contribution in [-0.2, 0) is 21.4 Å². The molecule has 2 N–H and O–H groups in total. The average molecular weight is 467 g/mol. The van der Waals surface area contributed by atoms with Gasteiger partial charge in [-0.25, -0.2) is 13.4 Å². The van der Waals surface area contributed by atoms with Crippen LogP contribution in [0.15, 0.2) is 18.2 Å². The Morgan fingerprint density at radius 1 is 1.16 bits per heavy atom. The predicted octanol–water partition coefficient (Wildman–Crippen LogP) is 2.79. The van der Waals surface area contributed by atoms with Crippen LogP contribution < -0.4 is 19.5 Å². The summed E-state index contributed by atoms with van der Waals surface area (Å²) in [6.45, 7) is 2.02. The Kier molecular flexibility index (Phi) is 6.62. The van der Waals surface area contributed by atoms with Crippen molar-refractivity contribution in [3.63, 3.8) is 0 Å². The fourth-order valence-electron chi connectivity index (χ4n) is 2.94. The number of methoxy groups -OCH3 is 3. The van der Waals surface area contributed by atoms with Gasteiger partial charge >= 0.3 is 0 Å². The first-order valence-corrected chi connectivity index (χ1v) is 11.7. The van der Waals surface area contributed by atoms with E-state index in [9.17, 15) is 13.2 Å². The van der Waals surface area contributed by atoms with E-state index in [4.69, 9.17) is 14.2 Å². The third-order valence-corrected chi connectivity index (χ3v) is 6.01. The number of aryl methyl sites for hydroxylation is 1. The number of sulfonamides is 1. The lowest BCUT2D eigenvalue weighted by Gasteiger charge is -2.12. The highest BCUT2D eigenvalue weighted by molar-refractivity contribution is 7.92. The molecule has 31 heavy (non-hydrogen) atoms. The van der Waals surface area contributed by atoms with Gasteiger partial charge in [-0.05, 0) is 24.6 Å². The van der Waals surface area contributed by atoms with Crippen LogP contribution in [0.4, 0.5) is 11.4 Å². The number of ether oxygens (including phenoxy) is 3. The zero-order valence-electron chi connectivity index (χ0n) is 17.6. The van der Waals surface area contributed by atoms with Gasteiger partial charge in [-0.15, -0.1) is 11.3 Å². The monoisotopic (exact) mass is 466 g/mol. The Morgan fingerprint density at radius 2 is 1.90 bits per heavy atom. The second-order valence-electron chi connectivity index (χ2n) is 6.56. The predicted molar refractivity (Wildman–Crippen MR) is 119 cm³/mol. The van der Waals surface area contributed by atoms with Gasteiger partial charge < -0.3 is 19.5 Å². The highest BCUT2D eigenvalue weighted by Gasteiger charge is 2.21. The molecule has 0 fully saturated rings. The van der Waals surface area contributed by atoms with E-state index in [0.29, 0.717) is 38.0 Å². The summed E-state index contributed by atoms with van der Waals surface area (Å²) < 4.78 is 41.1. The van der Waals surface area contributed by atoms with Crippen LogP contribution >= 0.6 is 11.3 Å². The van der Waals surface area contributed by atoms with Gasteiger partial charge in [-0.2, -0.15) is 4.98 Å². The summed E-state index contributed by atoms with van der Waals surface area (Å²) in [5.41, 5.74) is 1.41. The quantitative estimate of drug-likeness (QED) is 0.519. The van der Waals surface area contributed by atoms with Crippen molar-refractivity contribution < 1.29 is 27.4 Å². The highest BCUT2D eigenvalue weighted by Crippen LogP contribution is 2.36. The third kappa shape index (κ3) is 5.03. The topological polar surface area (TPSA) is 129 Å². The summed E-state index contributed by atoms with van der Waals surface area (Å²) in [6, 6.07) is 4.62. The van der Waals surface area contributed by atoms with E-state index in [1.54, 1.807) is 20.1 Å². The average Bonchev–Trinajstić information content (AvgIpc) is 3.04. The molecule has 0 aliphatic heterocycles. The molecular weight excluding hydrogens is 444 g/mol. The van der Waals surface area contributed by atoms with E-state index in [2.05, 4.69) is 20.0 Å². The number of rotatable bonds is 8. The standard InChI is InChI=1S/C19H22N4O6S2/c1-10-15-18(29-4)21-14(9-27-2)22-19(15)30-16(10)17(24)20-11-6-7-12(13(8-11)28-3)23-31(5,25)26/h6-8,23H,9H2,1-5H3,(H,20,24). The molecule has 0 aliphatic rings. The molecule has 0 radical (unpaired) electrons. The number of nitrogens with zero attached hydrogens (tertiary/aromatic N) is 2. The van der Waals surface area contributed by atoms with Gasteiger partial charge in [0.15, 0.2) is 5.82 Å². The first-order chi connectivity index (χ1) is 14.7. The van der Waals surface area contributed by atoms with Crippen molar-refractivity contribution in [3.8, 4) is 11.6 Å². The maximum Gasteiger partial charge on any atom is 0.266 e. The zero-order valence-corrected chi connectivity index (χ0v) is 19.2. The number of carbonyl (C=O) groups excluding carboxylic acids is 1. The SMILES string of the molecule is COCc1nc(OC)c2c(C)c(C(=O)Nc3ccc(NS(C)(=O)=O)c(OC)c3)sc2n1. The molecule has 3 rings (SSSR count). The Balaban J connectivity index is 1.94. The summed E-state index contributed by atoms with van der Waals surface area (Å²) in [7, 11) is 0.990. The van der Waals surface area contributed by atoms with Gasteiger partial charge in [0.25, 0.3) is 5.91 Å². The van der Waals surface area contributed by atoms with E-state index in [-0.39, 0.29) is 24.0 Å². The Bertz CT molecular complexity index is 1240. The number of fused-ring (bicyclic) bond motifs is 1. The van der Waals surface area contributed by atoms with Gasteiger partial charge in [0, 0.05) is 18.9 Å². The Morgan fingerprint density at radius 3 is 2.52 bits per heavy atom. The van der Waals surface area contributed by atoms with Crippen molar-refractivity contribution in [1.82, 2.24) is 9.97 Å². The molecule has 0 spiro atoms. The number of thiophene rings is 1. The minimum absolute atomic E-state index is 0.221. The molecule has 0 saturated heterocycles. The smallest absolute Gasteiger partial charge is 0.266 e. The maximum absolute atomic E-state index is 13.0. The summed E-state index contributed by atoms with van der Waals surface area (Å²) in [6.07, 6.45) is 1.04. The summed E-state index contributed by atoms with van der Waals surface area (Å²) in [4.78, 5) is 22.8. The lowest BCUT2D eigenvalue weighted by molar-refractivity contribution is 0.103. The largest absolute Gasteiger partial charge is 0.494 e. The lowest BCUT2D eigenvalue weighted by Crippen LogP contribution is -2.13. The minimum atomic E-state index is -3.47. The van der Waals surface area contributed by atoms with Crippen molar-refractivity contribution in [2.45, 2.75) is 13.5 Å². The molecule has 0 atom stereocenters. The second kappa shape index (κ2) is 9.04. The van der Waals surface area contributed by atoms with Gasteiger partial charge in [-0.3, -0.25) is 9.52 Å². The number of aromatic nitrogens is 2. The zero-order chi connectivity index (χ0) is 22.8. The van der Waals surface area contributed by atoms with Crippen molar-refractivity contribution in [3.05, 3.63) is 34.5 Å². The summed E-state index contributed by atoms with van der Waals surface area (Å²) >= 11 is 1.22. The third-order valence-electron chi connectivity index (χ3n) is 4.23. The van der Waals surface area contributed by atoms with Gasteiger partial charge in [0.2, 0.25) is 15.9 Å². The van der Waals surface area contributed by atoms with Crippen molar-refractivity contribution in [2.24, 2.45) is 0 Å². The number of anilines is 2. The first-order valence-electron chi connectivity index (χ1n) is 8.97. The van der Waals surface area contributed by atoms with Crippen molar-refractivity contribution in [1.29, 1.82) is 0 Å². The molecule has 10 nitrogen and oxygen atoms in total. The maximum atomic E-state index is 13.0. The number of nitrogens with one attached hydrogen (secondary N) is 2. The number of carbonyl (C=O) groups is 1. The summed E-state index contributed by atoms with van der Waals surface area (Å²) in [5.74, 6) is 0.760. The number of amides is 1. The molecule has 2 aromatic heterocycles. The second-order valence-corrected chi connectivity index (χ2v) is 9.31. The minimum Gasteiger partial charge on any atom is -0.494 e. The fraction of sp³-hybridized carbons (Fsp3) is 0.316. The van der Waals surface area contributed by atoms with Crippen molar-refractivity contribution >= 4 is 48.9 Å². The molecule has 2 heterocycles. The molecule has 12 heteroatoms. The fourth-order valence-corrected chi connectivity index (χ4v) is 4.60. The molecule has 166 valence electrons. The molecule has 0 aliphatic carbocycles. The van der Waals surface area contributed by atoms with Crippen LogP contribution in [0.3, 0.4) is 0 Å². The van der Waals surface area contributed by atoms with Crippen LogP contribution in [0.1, 0.15) is 21.1 Å². The van der Waals surface area contributed by atoms with Gasteiger partial charge in [0.1, 0.15) is 17.2 Å². The Hall–Kier alpha value is -2.96. The van der Waals surface area contributed by atoms with E-state index in [1.165, 1.54) is 37.7 Å². The summed E-state index contributed by atoms with van der Waals surface area (Å²) in [5, 5.41) is 3.47. The van der Waals surface area contributed by atoms with Crippen LogP contribution in [0.2, 0.25) is 0 Å². The molecule has 0 unspecified atom stereocenters. The molecule has 1 aromatic carbocycles. The number of hydrogen-bond acceptors (Lipinski definition) is 9. The van der Waals surface area contributed by atoms with E-state index in [1.807, 2.05) is 0 Å². The van der Waals surface area contributed by atoms with Crippen LogP contribution in [0, 0.1) is 6.92 Å². The van der Waals surface area contributed by atoms with E-state index < -0.39 is 10.0 Å². The van der Waals surface area contributed by atoms with Crippen LogP contribution in [0.25, 0.3) is 10.2 Å². The number of benzene rings is 1. The van der Waals surface area contributed by atoms with Gasteiger partial charge in [0.05, 0.1) is 36.4 Å². The molecule has 0 bridgehead atoms.